The predicted molar refractivity (Wildman–Crippen MR) is 96.0 cm³/mol. The van der Waals surface area contributed by atoms with Gasteiger partial charge in [-0.05, 0) is 42.8 Å². The van der Waals surface area contributed by atoms with Crippen molar-refractivity contribution in [3.05, 3.63) is 58.6 Å². The van der Waals surface area contributed by atoms with Crippen molar-refractivity contribution in [1.82, 2.24) is 14.6 Å². The molecular formula is C16H15N5O4S. The quantitative estimate of drug-likeness (QED) is 0.705. The largest absolute Gasteiger partial charge is 0.347 e. The Morgan fingerprint density at radius 3 is 2.62 bits per heavy atom. The van der Waals surface area contributed by atoms with Crippen LogP contribution in [0.15, 0.2) is 47.4 Å². The summed E-state index contributed by atoms with van der Waals surface area (Å²) in [6.45, 7) is 0.466. The van der Waals surface area contributed by atoms with E-state index in [1.807, 2.05) is 0 Å². The summed E-state index contributed by atoms with van der Waals surface area (Å²) >= 11 is 0. The Balaban J connectivity index is 1.54. The number of benzene rings is 1. The summed E-state index contributed by atoms with van der Waals surface area (Å²) in [5.74, 6) is -0.233. The number of fused-ring (bicyclic) bond motifs is 1. The summed E-state index contributed by atoms with van der Waals surface area (Å²) in [5.41, 5.74) is 1.39. The number of anilines is 2. The van der Waals surface area contributed by atoms with Crippen LogP contribution in [-0.2, 0) is 10.0 Å². The number of H-pyrrole nitrogens is 1. The van der Waals surface area contributed by atoms with Gasteiger partial charge in [-0.3, -0.25) is 9.10 Å². The van der Waals surface area contributed by atoms with Gasteiger partial charge in [0, 0.05) is 18.4 Å². The number of carbonyl (C=O) groups excluding carboxylic acids is 1. The molecule has 1 fully saturated rings. The minimum absolute atomic E-state index is 0.154. The number of pyridine rings is 1. The minimum Gasteiger partial charge on any atom is -0.322 e. The first-order valence-electron chi connectivity index (χ1n) is 7.93. The topological polar surface area (TPSA) is 117 Å². The number of nitrogens with zero attached hydrogens (tertiary/aromatic N) is 3. The maximum absolute atomic E-state index is 12.4. The van der Waals surface area contributed by atoms with Crippen molar-refractivity contribution in [3.63, 3.8) is 0 Å². The van der Waals surface area contributed by atoms with Crippen molar-refractivity contribution in [2.75, 3.05) is 21.9 Å². The molecule has 0 bridgehead atoms. The lowest BCUT2D eigenvalue weighted by Gasteiger charge is -2.17. The van der Waals surface area contributed by atoms with Gasteiger partial charge in [0.25, 0.3) is 5.91 Å². The Morgan fingerprint density at radius 2 is 1.92 bits per heavy atom. The van der Waals surface area contributed by atoms with Gasteiger partial charge in [-0.25, -0.2) is 22.7 Å². The molecule has 26 heavy (non-hydrogen) atoms. The third kappa shape index (κ3) is 2.84. The molecule has 0 saturated carbocycles. The average molecular weight is 373 g/mol. The number of amides is 1. The van der Waals surface area contributed by atoms with E-state index in [1.54, 1.807) is 36.4 Å². The van der Waals surface area contributed by atoms with Crippen LogP contribution in [0.3, 0.4) is 0 Å². The van der Waals surface area contributed by atoms with E-state index in [2.05, 4.69) is 15.5 Å². The standard InChI is InChI=1S/C16H15N5O4S/c22-15(11-2-7-14-18-19-16(23)20(14)10-11)17-12-3-5-13(6-4-12)21-8-1-9-26(21,24)25/h2-7,10H,1,8-9H2,(H,17,22)(H,19,23). The first-order valence-corrected chi connectivity index (χ1v) is 9.54. The highest BCUT2D eigenvalue weighted by Crippen LogP contribution is 2.25. The number of rotatable bonds is 3. The molecule has 134 valence electrons. The molecule has 0 radical (unpaired) electrons. The van der Waals surface area contributed by atoms with E-state index >= 15 is 0 Å². The zero-order valence-electron chi connectivity index (χ0n) is 13.5. The number of hydrogen-bond donors (Lipinski definition) is 2. The van der Waals surface area contributed by atoms with Crippen molar-refractivity contribution < 1.29 is 13.2 Å². The van der Waals surface area contributed by atoms with Gasteiger partial charge in [0.05, 0.1) is 17.0 Å². The molecule has 3 heterocycles. The van der Waals surface area contributed by atoms with Gasteiger partial charge in [0.15, 0.2) is 5.65 Å². The van der Waals surface area contributed by atoms with Gasteiger partial charge < -0.3 is 5.32 Å². The number of sulfonamides is 1. The molecule has 0 aliphatic carbocycles. The fourth-order valence-corrected chi connectivity index (χ4v) is 4.45. The molecule has 1 aliphatic rings. The molecule has 2 N–H and O–H groups in total. The third-order valence-electron chi connectivity index (χ3n) is 4.19. The molecule has 0 spiro atoms. The molecular weight excluding hydrogens is 358 g/mol. The lowest BCUT2D eigenvalue weighted by molar-refractivity contribution is 0.102. The summed E-state index contributed by atoms with van der Waals surface area (Å²) < 4.78 is 26.5. The monoisotopic (exact) mass is 373 g/mol. The first-order chi connectivity index (χ1) is 12.4. The van der Waals surface area contributed by atoms with Crippen LogP contribution in [0.5, 0.6) is 0 Å². The number of nitrogens with one attached hydrogen (secondary N) is 2. The normalized spacial score (nSPS) is 16.1. The second-order valence-corrected chi connectivity index (χ2v) is 7.93. The van der Waals surface area contributed by atoms with E-state index in [0.29, 0.717) is 35.6 Å². The highest BCUT2D eigenvalue weighted by molar-refractivity contribution is 7.93. The molecule has 1 aliphatic heterocycles. The summed E-state index contributed by atoms with van der Waals surface area (Å²) in [7, 11) is -3.23. The van der Waals surface area contributed by atoms with E-state index in [4.69, 9.17) is 0 Å². The molecule has 0 atom stereocenters. The van der Waals surface area contributed by atoms with Gasteiger partial charge >= 0.3 is 5.69 Å². The maximum atomic E-state index is 12.4. The van der Waals surface area contributed by atoms with Crippen LogP contribution >= 0.6 is 0 Å². The second kappa shape index (κ2) is 5.99. The molecule has 0 unspecified atom stereocenters. The Bertz CT molecular complexity index is 1150. The average Bonchev–Trinajstić information content (AvgIpc) is 3.17. The lowest BCUT2D eigenvalue weighted by atomic mass is 10.2. The number of aromatic nitrogens is 3. The molecule has 3 aromatic rings. The number of hydrogen-bond acceptors (Lipinski definition) is 5. The number of carbonyl (C=O) groups is 1. The Labute approximate surface area is 148 Å². The summed E-state index contributed by atoms with van der Waals surface area (Å²) in [6.07, 6.45) is 2.01. The Morgan fingerprint density at radius 1 is 1.15 bits per heavy atom. The van der Waals surface area contributed by atoms with Gasteiger partial charge in [0.2, 0.25) is 10.0 Å². The minimum atomic E-state index is -3.23. The van der Waals surface area contributed by atoms with Crippen LogP contribution in [0, 0.1) is 0 Å². The fourth-order valence-electron chi connectivity index (χ4n) is 2.88. The molecule has 2 aromatic heterocycles. The van der Waals surface area contributed by atoms with Crippen LogP contribution in [-0.4, -0.2) is 41.2 Å². The van der Waals surface area contributed by atoms with E-state index in [1.165, 1.54) is 14.9 Å². The predicted octanol–water partition coefficient (Wildman–Crippen LogP) is 0.815. The smallest absolute Gasteiger partial charge is 0.322 e. The molecule has 9 nitrogen and oxygen atoms in total. The van der Waals surface area contributed by atoms with E-state index in [0.717, 1.165) is 0 Å². The van der Waals surface area contributed by atoms with E-state index < -0.39 is 15.7 Å². The van der Waals surface area contributed by atoms with E-state index in [9.17, 15) is 18.0 Å². The number of aromatic amines is 1. The maximum Gasteiger partial charge on any atom is 0.347 e. The Kier molecular flexibility index (Phi) is 3.76. The van der Waals surface area contributed by atoms with Gasteiger partial charge in [-0.2, -0.15) is 5.10 Å². The summed E-state index contributed by atoms with van der Waals surface area (Å²) in [4.78, 5) is 24.0. The van der Waals surface area contributed by atoms with E-state index in [-0.39, 0.29) is 11.7 Å². The summed E-state index contributed by atoms with van der Waals surface area (Å²) in [5, 5.41) is 8.83. The van der Waals surface area contributed by atoms with Crippen molar-refractivity contribution in [3.8, 4) is 0 Å². The summed E-state index contributed by atoms with van der Waals surface area (Å²) in [6, 6.07) is 9.72. The van der Waals surface area contributed by atoms with Gasteiger partial charge in [0.1, 0.15) is 0 Å². The highest BCUT2D eigenvalue weighted by atomic mass is 32.2. The molecule has 1 saturated heterocycles. The zero-order valence-corrected chi connectivity index (χ0v) is 14.4. The van der Waals surface area contributed by atoms with Crippen molar-refractivity contribution >= 4 is 33.0 Å². The first kappa shape index (κ1) is 16.3. The third-order valence-corrected chi connectivity index (χ3v) is 6.06. The van der Waals surface area contributed by atoms with Crippen molar-refractivity contribution in [2.45, 2.75) is 6.42 Å². The lowest BCUT2D eigenvalue weighted by Crippen LogP contribution is -2.25. The molecule has 1 aromatic carbocycles. The van der Waals surface area contributed by atoms with Gasteiger partial charge in [-0.1, -0.05) is 0 Å². The molecule has 10 heteroatoms. The second-order valence-electron chi connectivity index (χ2n) is 5.92. The van der Waals surface area contributed by atoms with Crippen LogP contribution in [0.25, 0.3) is 5.65 Å². The fraction of sp³-hybridized carbons (Fsp3) is 0.188. The highest BCUT2D eigenvalue weighted by Gasteiger charge is 2.28. The zero-order chi connectivity index (χ0) is 18.3. The Hall–Kier alpha value is -3.14. The van der Waals surface area contributed by atoms with Crippen molar-refractivity contribution in [1.29, 1.82) is 0 Å². The molecule has 1 amide bonds. The van der Waals surface area contributed by atoms with Gasteiger partial charge in [-0.15, -0.1) is 0 Å². The van der Waals surface area contributed by atoms with Crippen molar-refractivity contribution in [2.24, 2.45) is 0 Å². The van der Waals surface area contributed by atoms with Crippen LogP contribution in [0.4, 0.5) is 11.4 Å². The van der Waals surface area contributed by atoms with Crippen LogP contribution in [0.1, 0.15) is 16.8 Å². The molecule has 4 rings (SSSR count). The van der Waals surface area contributed by atoms with Crippen LogP contribution in [0.2, 0.25) is 0 Å². The SMILES string of the molecule is O=C(Nc1ccc(N2CCCS2(=O)=O)cc1)c1ccc2n[nH]c(=O)n2c1. The van der Waals surface area contributed by atoms with Crippen LogP contribution < -0.4 is 15.3 Å².